The molecule has 0 unspecified atom stereocenters. The first-order valence-electron chi connectivity index (χ1n) is 15.9. The molecular weight excluding hydrogens is 574 g/mol. The minimum Gasteiger partial charge on any atom is -0.455 e. The van der Waals surface area contributed by atoms with Crippen molar-refractivity contribution in [3.63, 3.8) is 0 Å². The molecule has 0 aliphatic rings. The van der Waals surface area contributed by atoms with Crippen molar-refractivity contribution in [3.05, 3.63) is 164 Å². The molecule has 220 valence electrons. The minimum absolute atomic E-state index is 0.883. The number of nitrogens with zero attached hydrogens (tertiary/aromatic N) is 1. The molecule has 0 bridgehead atoms. The fourth-order valence-corrected chi connectivity index (χ4v) is 7.23. The van der Waals surface area contributed by atoms with Crippen molar-refractivity contribution >= 4 is 54.9 Å². The van der Waals surface area contributed by atoms with Crippen molar-refractivity contribution in [1.29, 1.82) is 0 Å². The summed E-state index contributed by atoms with van der Waals surface area (Å²) in [5.41, 5.74) is 13.7. The first-order valence-corrected chi connectivity index (χ1v) is 15.9. The van der Waals surface area contributed by atoms with Crippen LogP contribution in [-0.4, -0.2) is 4.57 Å². The van der Waals surface area contributed by atoms with Gasteiger partial charge in [0.25, 0.3) is 0 Å². The zero-order valence-corrected chi connectivity index (χ0v) is 25.4. The molecule has 0 aliphatic heterocycles. The Morgan fingerprint density at radius 2 is 0.936 bits per heavy atom. The molecule has 0 atom stereocenters. The van der Waals surface area contributed by atoms with Crippen molar-refractivity contribution in [2.75, 3.05) is 0 Å². The number of rotatable bonds is 4. The van der Waals surface area contributed by atoms with Crippen LogP contribution in [0.3, 0.4) is 0 Å². The Hall–Kier alpha value is -6.32. The van der Waals surface area contributed by atoms with Crippen molar-refractivity contribution in [2.24, 2.45) is 0 Å². The van der Waals surface area contributed by atoms with E-state index in [1.54, 1.807) is 0 Å². The summed E-state index contributed by atoms with van der Waals surface area (Å²) in [5, 5.41) is 4.48. The predicted molar refractivity (Wildman–Crippen MR) is 194 cm³/mol. The van der Waals surface area contributed by atoms with E-state index < -0.39 is 0 Å². The molecule has 3 heterocycles. The third-order valence-corrected chi connectivity index (χ3v) is 9.43. The summed E-state index contributed by atoms with van der Waals surface area (Å²) in [5.74, 6) is 0. The first kappa shape index (κ1) is 26.0. The van der Waals surface area contributed by atoms with Crippen LogP contribution in [0.1, 0.15) is 0 Å². The number of fused-ring (bicyclic) bond motifs is 8. The van der Waals surface area contributed by atoms with E-state index in [2.05, 4.69) is 162 Å². The largest absolute Gasteiger partial charge is 0.455 e. The average Bonchev–Trinajstić information content (AvgIpc) is 3.81. The van der Waals surface area contributed by atoms with Gasteiger partial charge in [-0.15, -0.1) is 0 Å². The zero-order chi connectivity index (χ0) is 30.9. The summed E-state index contributed by atoms with van der Waals surface area (Å²) in [7, 11) is 0. The number of hydrogen-bond donors (Lipinski definition) is 0. The van der Waals surface area contributed by atoms with Crippen LogP contribution in [0.25, 0.3) is 94.0 Å². The molecule has 0 spiro atoms. The monoisotopic (exact) mass is 601 g/mol. The molecule has 0 amide bonds. The molecule has 10 rings (SSSR count). The Bertz CT molecular complexity index is 2760. The Morgan fingerprint density at radius 3 is 1.66 bits per heavy atom. The third-order valence-electron chi connectivity index (χ3n) is 9.43. The number of furan rings is 2. The molecular formula is C44H27NO2. The highest BCUT2D eigenvalue weighted by atomic mass is 16.3. The highest BCUT2D eigenvalue weighted by Gasteiger charge is 2.20. The second kappa shape index (κ2) is 10.1. The maximum Gasteiger partial charge on any atom is 0.161 e. The van der Waals surface area contributed by atoms with Gasteiger partial charge in [-0.2, -0.15) is 0 Å². The summed E-state index contributed by atoms with van der Waals surface area (Å²) in [4.78, 5) is 0. The summed E-state index contributed by atoms with van der Waals surface area (Å²) in [6.45, 7) is 0. The van der Waals surface area contributed by atoms with E-state index in [1.807, 2.05) is 6.07 Å². The fourth-order valence-electron chi connectivity index (χ4n) is 7.23. The molecule has 3 aromatic heterocycles. The summed E-state index contributed by atoms with van der Waals surface area (Å²) in [6, 6.07) is 57.6. The van der Waals surface area contributed by atoms with E-state index in [0.717, 1.165) is 94.0 Å². The maximum absolute atomic E-state index is 6.67. The second-order valence-corrected chi connectivity index (χ2v) is 12.1. The number of aromatic nitrogens is 1. The topological polar surface area (TPSA) is 31.2 Å². The lowest BCUT2D eigenvalue weighted by Crippen LogP contribution is -1.92. The van der Waals surface area contributed by atoms with Gasteiger partial charge in [0.2, 0.25) is 0 Å². The molecule has 3 nitrogen and oxygen atoms in total. The van der Waals surface area contributed by atoms with Crippen LogP contribution in [0, 0.1) is 0 Å². The van der Waals surface area contributed by atoms with E-state index in [1.165, 1.54) is 0 Å². The fraction of sp³-hybridized carbons (Fsp3) is 0. The average molecular weight is 602 g/mol. The van der Waals surface area contributed by atoms with Crippen LogP contribution in [0.2, 0.25) is 0 Å². The summed E-state index contributed by atoms with van der Waals surface area (Å²) in [6.07, 6.45) is 0. The molecule has 0 saturated heterocycles. The van der Waals surface area contributed by atoms with Crippen molar-refractivity contribution in [1.82, 2.24) is 4.57 Å². The van der Waals surface area contributed by atoms with Gasteiger partial charge >= 0.3 is 0 Å². The molecule has 7 aromatic carbocycles. The SMILES string of the molecule is c1ccc(-c2cccc3c2oc2c(-c4ccc(-c5ccc6c(c5)oc5c7ccccc7n(-c7ccccc7)c65)cc4)cccc23)cc1. The quantitative estimate of drug-likeness (QED) is 0.201. The lowest BCUT2D eigenvalue weighted by Gasteiger charge is -2.08. The zero-order valence-electron chi connectivity index (χ0n) is 25.4. The van der Waals surface area contributed by atoms with Gasteiger partial charge in [-0.05, 0) is 58.7 Å². The van der Waals surface area contributed by atoms with Crippen LogP contribution in [0.4, 0.5) is 0 Å². The lowest BCUT2D eigenvalue weighted by atomic mass is 9.98. The van der Waals surface area contributed by atoms with Gasteiger partial charge in [0.1, 0.15) is 22.3 Å². The van der Waals surface area contributed by atoms with Crippen LogP contribution in [-0.2, 0) is 0 Å². The summed E-state index contributed by atoms with van der Waals surface area (Å²) < 4.78 is 15.6. The smallest absolute Gasteiger partial charge is 0.161 e. The van der Waals surface area contributed by atoms with Crippen LogP contribution >= 0.6 is 0 Å². The highest BCUT2D eigenvalue weighted by Crippen LogP contribution is 2.42. The molecule has 0 radical (unpaired) electrons. The number of para-hydroxylation sites is 4. The van der Waals surface area contributed by atoms with Gasteiger partial charge in [-0.3, -0.25) is 0 Å². The number of hydrogen-bond acceptors (Lipinski definition) is 2. The number of benzene rings is 7. The second-order valence-electron chi connectivity index (χ2n) is 12.1. The Balaban J connectivity index is 1.07. The van der Waals surface area contributed by atoms with Crippen LogP contribution in [0.5, 0.6) is 0 Å². The standard InChI is InChI=1S/C44H27NO2/c1-3-11-29(12-4-1)33-16-9-18-35-36-19-10-17-34(43(36)47-42(33)35)30-23-21-28(22-24-30)31-25-26-38-40(27-31)46-44-37-15-7-8-20-39(37)45(41(38)44)32-13-5-2-6-14-32/h1-27H. The van der Waals surface area contributed by atoms with E-state index >= 15 is 0 Å². The Kier molecular flexibility index (Phi) is 5.57. The molecule has 0 N–H and O–H groups in total. The molecule has 0 aliphatic carbocycles. The van der Waals surface area contributed by atoms with Gasteiger partial charge < -0.3 is 13.4 Å². The van der Waals surface area contributed by atoms with Crippen molar-refractivity contribution in [2.45, 2.75) is 0 Å². The van der Waals surface area contributed by atoms with Crippen molar-refractivity contribution < 1.29 is 8.83 Å². The van der Waals surface area contributed by atoms with E-state index in [0.29, 0.717) is 0 Å². The van der Waals surface area contributed by atoms with Gasteiger partial charge in [0.05, 0.1) is 5.52 Å². The lowest BCUT2D eigenvalue weighted by molar-refractivity contribution is 0.671. The normalized spacial score (nSPS) is 11.8. The van der Waals surface area contributed by atoms with Gasteiger partial charge in [-0.1, -0.05) is 127 Å². The molecule has 10 aromatic rings. The molecule has 0 saturated carbocycles. The molecule has 47 heavy (non-hydrogen) atoms. The third kappa shape index (κ3) is 3.93. The minimum atomic E-state index is 0.883. The highest BCUT2D eigenvalue weighted by molar-refractivity contribution is 6.17. The van der Waals surface area contributed by atoms with E-state index in [-0.39, 0.29) is 0 Å². The van der Waals surface area contributed by atoms with Gasteiger partial charge in [-0.25, -0.2) is 0 Å². The van der Waals surface area contributed by atoms with E-state index in [4.69, 9.17) is 8.83 Å². The Morgan fingerprint density at radius 1 is 0.362 bits per heavy atom. The van der Waals surface area contributed by atoms with Gasteiger partial charge in [0, 0.05) is 38.4 Å². The van der Waals surface area contributed by atoms with Crippen LogP contribution in [0.15, 0.2) is 173 Å². The molecule has 0 fully saturated rings. The maximum atomic E-state index is 6.67. The Labute approximate surface area is 270 Å². The predicted octanol–water partition coefficient (Wildman–Crippen LogP) is 12.4. The first-order chi connectivity index (χ1) is 23.3. The van der Waals surface area contributed by atoms with E-state index in [9.17, 15) is 0 Å². The molecule has 3 heteroatoms. The van der Waals surface area contributed by atoms with Gasteiger partial charge in [0.15, 0.2) is 5.58 Å². The summed E-state index contributed by atoms with van der Waals surface area (Å²) >= 11 is 0. The van der Waals surface area contributed by atoms with Crippen molar-refractivity contribution in [3.8, 4) is 39.1 Å². The van der Waals surface area contributed by atoms with Crippen LogP contribution < -0.4 is 0 Å².